The maximum Gasteiger partial charge on any atom is 0.0321 e. The van der Waals surface area contributed by atoms with Crippen LogP contribution in [0.5, 0.6) is 0 Å². The van der Waals surface area contributed by atoms with Gasteiger partial charge in [0.15, 0.2) is 0 Å². The summed E-state index contributed by atoms with van der Waals surface area (Å²) in [7, 11) is 0. The van der Waals surface area contributed by atoms with Crippen LogP contribution in [0.15, 0.2) is 12.7 Å². The highest BCUT2D eigenvalue weighted by Gasteiger charge is 2.28. The van der Waals surface area contributed by atoms with Gasteiger partial charge in [0.2, 0.25) is 0 Å². The molecule has 13 heavy (non-hydrogen) atoms. The van der Waals surface area contributed by atoms with Crippen molar-refractivity contribution in [1.82, 2.24) is 0 Å². The average molecular weight is 217 g/mol. The van der Waals surface area contributed by atoms with Crippen molar-refractivity contribution in [3.8, 4) is 0 Å². The van der Waals surface area contributed by atoms with Crippen molar-refractivity contribution in [1.29, 1.82) is 0 Å². The van der Waals surface area contributed by atoms with Crippen LogP contribution in [-0.4, -0.2) is 28.0 Å². The molecule has 1 heterocycles. The Balaban J connectivity index is 2.47. The maximum absolute atomic E-state index is 6.12. The van der Waals surface area contributed by atoms with E-state index in [2.05, 4.69) is 37.0 Å². The summed E-state index contributed by atoms with van der Waals surface area (Å²) in [4.78, 5) is 0. The standard InChI is InChI=1S/C10H19NS2/c1-3-5-8(11)10-9(4-2)12-6-7-13-10/h3,8-10H,1,4-7,11H2,2H3. The van der Waals surface area contributed by atoms with E-state index in [9.17, 15) is 0 Å². The molecule has 1 nitrogen and oxygen atoms in total. The first-order valence-electron chi connectivity index (χ1n) is 4.89. The topological polar surface area (TPSA) is 26.0 Å². The lowest BCUT2D eigenvalue weighted by Crippen LogP contribution is -2.41. The Morgan fingerprint density at radius 2 is 2.23 bits per heavy atom. The predicted molar refractivity (Wildman–Crippen MR) is 65.6 cm³/mol. The van der Waals surface area contributed by atoms with Crippen LogP contribution in [0.2, 0.25) is 0 Å². The first-order chi connectivity index (χ1) is 6.29. The fourth-order valence-electron chi connectivity index (χ4n) is 1.66. The zero-order chi connectivity index (χ0) is 9.68. The molecular weight excluding hydrogens is 198 g/mol. The Hall–Kier alpha value is 0.400. The fraction of sp³-hybridized carbons (Fsp3) is 0.800. The van der Waals surface area contributed by atoms with Crippen molar-refractivity contribution < 1.29 is 0 Å². The Bertz CT molecular complexity index is 161. The summed E-state index contributed by atoms with van der Waals surface area (Å²) < 4.78 is 0. The normalized spacial score (nSPS) is 31.2. The van der Waals surface area contributed by atoms with E-state index in [0.717, 1.165) is 11.7 Å². The molecule has 0 amide bonds. The van der Waals surface area contributed by atoms with Gasteiger partial charge >= 0.3 is 0 Å². The monoisotopic (exact) mass is 217 g/mol. The molecule has 1 saturated heterocycles. The molecule has 1 fully saturated rings. The lowest BCUT2D eigenvalue weighted by atomic mass is 10.1. The molecule has 0 aromatic heterocycles. The highest BCUT2D eigenvalue weighted by molar-refractivity contribution is 8.07. The average Bonchev–Trinajstić information content (AvgIpc) is 2.18. The first-order valence-corrected chi connectivity index (χ1v) is 6.99. The lowest BCUT2D eigenvalue weighted by molar-refractivity contribution is 0.607. The predicted octanol–water partition coefficient (Wildman–Crippen LogP) is 2.52. The maximum atomic E-state index is 6.12. The summed E-state index contributed by atoms with van der Waals surface area (Å²) in [6.45, 7) is 6.01. The van der Waals surface area contributed by atoms with Crippen LogP contribution in [0.3, 0.4) is 0 Å². The van der Waals surface area contributed by atoms with E-state index in [1.54, 1.807) is 0 Å². The van der Waals surface area contributed by atoms with Crippen molar-refractivity contribution >= 4 is 23.5 Å². The van der Waals surface area contributed by atoms with Gasteiger partial charge in [-0.05, 0) is 12.8 Å². The molecule has 1 rings (SSSR count). The second-order valence-electron chi connectivity index (χ2n) is 3.34. The Labute approximate surface area is 89.9 Å². The van der Waals surface area contributed by atoms with E-state index < -0.39 is 0 Å². The summed E-state index contributed by atoms with van der Waals surface area (Å²) in [5.74, 6) is 2.55. The van der Waals surface area contributed by atoms with E-state index in [-0.39, 0.29) is 0 Å². The second kappa shape index (κ2) is 5.99. The van der Waals surface area contributed by atoms with Crippen LogP contribution >= 0.6 is 23.5 Å². The molecule has 0 aliphatic carbocycles. The van der Waals surface area contributed by atoms with Gasteiger partial charge in [0.1, 0.15) is 0 Å². The summed E-state index contributed by atoms with van der Waals surface area (Å²) >= 11 is 4.14. The largest absolute Gasteiger partial charge is 0.326 e. The summed E-state index contributed by atoms with van der Waals surface area (Å²) in [6, 6.07) is 0.306. The van der Waals surface area contributed by atoms with Gasteiger partial charge in [0.05, 0.1) is 0 Å². The van der Waals surface area contributed by atoms with Crippen molar-refractivity contribution in [3.63, 3.8) is 0 Å². The summed E-state index contributed by atoms with van der Waals surface area (Å²) in [6.07, 6.45) is 4.14. The Kier molecular flexibility index (Phi) is 5.29. The number of thioether (sulfide) groups is 2. The third-order valence-corrected chi connectivity index (χ3v) is 5.78. The molecule has 1 aliphatic heterocycles. The van der Waals surface area contributed by atoms with Gasteiger partial charge in [-0.1, -0.05) is 13.0 Å². The first kappa shape index (κ1) is 11.5. The Morgan fingerprint density at radius 1 is 1.54 bits per heavy atom. The molecule has 76 valence electrons. The van der Waals surface area contributed by atoms with Crippen LogP contribution < -0.4 is 5.73 Å². The van der Waals surface area contributed by atoms with Gasteiger partial charge in [-0.3, -0.25) is 0 Å². The van der Waals surface area contributed by atoms with E-state index in [1.165, 1.54) is 17.9 Å². The molecule has 1 aliphatic rings. The minimum Gasteiger partial charge on any atom is -0.326 e. The van der Waals surface area contributed by atoms with Gasteiger partial charge < -0.3 is 5.73 Å². The van der Waals surface area contributed by atoms with E-state index in [4.69, 9.17) is 5.73 Å². The zero-order valence-electron chi connectivity index (χ0n) is 8.24. The SMILES string of the molecule is C=CCC(N)C1SCCSC1CC. The second-order valence-corrected chi connectivity index (χ2v) is 5.97. The molecule has 3 heteroatoms. The molecule has 3 unspecified atom stereocenters. The Morgan fingerprint density at radius 3 is 2.85 bits per heavy atom. The van der Waals surface area contributed by atoms with Crippen LogP contribution in [0.1, 0.15) is 19.8 Å². The molecular formula is C10H19NS2. The summed E-state index contributed by atoms with van der Waals surface area (Å²) in [5.41, 5.74) is 6.12. The van der Waals surface area contributed by atoms with Gasteiger partial charge in [-0.2, -0.15) is 23.5 Å². The van der Waals surface area contributed by atoms with Crippen LogP contribution in [0.4, 0.5) is 0 Å². The lowest BCUT2D eigenvalue weighted by Gasteiger charge is -2.33. The number of hydrogen-bond donors (Lipinski definition) is 1. The molecule has 0 aromatic rings. The van der Waals surface area contributed by atoms with Crippen molar-refractivity contribution in [2.75, 3.05) is 11.5 Å². The van der Waals surface area contributed by atoms with Crippen molar-refractivity contribution in [2.24, 2.45) is 5.73 Å². The fourth-order valence-corrected chi connectivity index (χ4v) is 4.87. The van der Waals surface area contributed by atoms with Crippen LogP contribution in [0.25, 0.3) is 0 Å². The smallest absolute Gasteiger partial charge is 0.0321 e. The zero-order valence-corrected chi connectivity index (χ0v) is 9.87. The number of rotatable bonds is 4. The molecule has 0 bridgehead atoms. The van der Waals surface area contributed by atoms with E-state index in [0.29, 0.717) is 11.3 Å². The van der Waals surface area contributed by atoms with Gasteiger partial charge in [-0.15, -0.1) is 6.58 Å². The van der Waals surface area contributed by atoms with Crippen molar-refractivity contribution in [3.05, 3.63) is 12.7 Å². The highest BCUT2D eigenvalue weighted by Crippen LogP contribution is 2.35. The van der Waals surface area contributed by atoms with Crippen LogP contribution in [0, 0.1) is 0 Å². The molecule has 0 aromatic carbocycles. The van der Waals surface area contributed by atoms with Crippen LogP contribution in [-0.2, 0) is 0 Å². The molecule has 0 radical (unpaired) electrons. The van der Waals surface area contributed by atoms with Gasteiger partial charge in [-0.25, -0.2) is 0 Å². The molecule has 0 spiro atoms. The van der Waals surface area contributed by atoms with Gasteiger partial charge in [0, 0.05) is 28.0 Å². The number of nitrogens with two attached hydrogens (primary N) is 1. The quantitative estimate of drug-likeness (QED) is 0.733. The van der Waals surface area contributed by atoms with Crippen molar-refractivity contribution in [2.45, 2.75) is 36.3 Å². The van der Waals surface area contributed by atoms with Gasteiger partial charge in [0.25, 0.3) is 0 Å². The third-order valence-electron chi connectivity index (χ3n) is 2.36. The number of hydrogen-bond acceptors (Lipinski definition) is 3. The molecule has 3 atom stereocenters. The van der Waals surface area contributed by atoms with E-state index >= 15 is 0 Å². The minimum atomic E-state index is 0.306. The highest BCUT2D eigenvalue weighted by atomic mass is 32.2. The molecule has 0 saturated carbocycles. The minimum absolute atomic E-state index is 0.306. The van der Waals surface area contributed by atoms with E-state index in [1.807, 2.05) is 6.08 Å². The third kappa shape index (κ3) is 3.22. The molecule has 2 N–H and O–H groups in total. The summed E-state index contributed by atoms with van der Waals surface area (Å²) in [5, 5.41) is 1.40.